The van der Waals surface area contributed by atoms with E-state index in [0.29, 0.717) is 6.61 Å². The molecule has 0 fully saturated rings. The Bertz CT molecular complexity index is 463. The maximum Gasteiger partial charge on any atom is 0.128 e. The molecule has 0 bridgehead atoms. The van der Waals surface area contributed by atoms with Crippen molar-refractivity contribution < 1.29 is 4.74 Å². The summed E-state index contributed by atoms with van der Waals surface area (Å²) in [5.74, 6) is 0.963. The maximum absolute atomic E-state index is 6.61. The Hall–Kier alpha value is -0.733. The molecular weight excluding hydrogens is 284 g/mol. The summed E-state index contributed by atoms with van der Waals surface area (Å²) in [6.07, 6.45) is 1.79. The van der Waals surface area contributed by atoms with E-state index in [2.05, 4.69) is 53.0 Å². The zero-order chi connectivity index (χ0) is 15.3. The summed E-state index contributed by atoms with van der Waals surface area (Å²) in [5, 5.41) is 0.0625. The van der Waals surface area contributed by atoms with Gasteiger partial charge in [0.2, 0.25) is 0 Å². The SMILES string of the molecule is C=CCOc1c(C(Cl)C[SiH2]C)cc(C)cc1C(C)(C)C. The standard InChI is InChI=1S/C17H27ClOSi/c1-7-8-19-16-13(15(18)11-20-6)9-12(2)10-14(16)17(3,4)5/h7,9-10,15H,1,8,11,20H2,2-6H3. The van der Waals surface area contributed by atoms with Crippen molar-refractivity contribution in [2.75, 3.05) is 6.61 Å². The Morgan fingerprint density at radius 3 is 2.55 bits per heavy atom. The monoisotopic (exact) mass is 310 g/mol. The summed E-state index contributed by atoms with van der Waals surface area (Å²) in [4.78, 5) is 0. The van der Waals surface area contributed by atoms with Crippen molar-refractivity contribution in [3.05, 3.63) is 41.5 Å². The number of hydrogen-bond donors (Lipinski definition) is 0. The summed E-state index contributed by atoms with van der Waals surface area (Å²) >= 11 is 6.61. The first-order valence-electron chi connectivity index (χ1n) is 7.34. The molecule has 20 heavy (non-hydrogen) atoms. The van der Waals surface area contributed by atoms with Crippen molar-refractivity contribution in [1.82, 2.24) is 0 Å². The largest absolute Gasteiger partial charge is 0.489 e. The number of halogens is 1. The molecule has 0 N–H and O–H groups in total. The molecule has 3 heteroatoms. The molecule has 1 atom stereocenters. The molecule has 0 amide bonds. The van der Waals surface area contributed by atoms with Crippen molar-refractivity contribution in [2.45, 2.75) is 51.1 Å². The first-order chi connectivity index (χ1) is 9.31. The molecule has 1 unspecified atom stereocenters. The van der Waals surface area contributed by atoms with E-state index in [0.717, 1.165) is 17.4 Å². The highest BCUT2D eigenvalue weighted by atomic mass is 35.5. The molecule has 0 aliphatic heterocycles. The van der Waals surface area contributed by atoms with Gasteiger partial charge in [0.15, 0.2) is 0 Å². The van der Waals surface area contributed by atoms with E-state index in [1.807, 2.05) is 0 Å². The Morgan fingerprint density at radius 2 is 2.05 bits per heavy atom. The molecule has 1 aromatic rings. The minimum Gasteiger partial charge on any atom is -0.489 e. The van der Waals surface area contributed by atoms with Gasteiger partial charge < -0.3 is 4.74 Å². The molecule has 0 saturated carbocycles. The van der Waals surface area contributed by atoms with Gasteiger partial charge in [-0.3, -0.25) is 0 Å². The van der Waals surface area contributed by atoms with Crippen LogP contribution in [0.1, 0.15) is 42.8 Å². The predicted molar refractivity (Wildman–Crippen MR) is 93.4 cm³/mol. The molecule has 0 radical (unpaired) electrons. The van der Waals surface area contributed by atoms with Gasteiger partial charge in [-0.25, -0.2) is 0 Å². The third-order valence-corrected chi connectivity index (χ3v) is 5.27. The van der Waals surface area contributed by atoms with E-state index in [9.17, 15) is 0 Å². The summed E-state index contributed by atoms with van der Waals surface area (Å²) in [5.41, 5.74) is 3.67. The number of ether oxygens (including phenoxy) is 1. The average Bonchev–Trinajstić information content (AvgIpc) is 2.35. The minimum absolute atomic E-state index is 0.0392. The number of benzene rings is 1. The van der Waals surface area contributed by atoms with Crippen LogP contribution in [0.25, 0.3) is 0 Å². The Labute approximate surface area is 131 Å². The zero-order valence-electron chi connectivity index (χ0n) is 13.4. The van der Waals surface area contributed by atoms with Crippen LogP contribution in [0.5, 0.6) is 5.75 Å². The smallest absolute Gasteiger partial charge is 0.128 e. The first kappa shape index (κ1) is 17.3. The van der Waals surface area contributed by atoms with Gasteiger partial charge in [0.05, 0.1) is 5.38 Å². The van der Waals surface area contributed by atoms with Crippen LogP contribution in [0.3, 0.4) is 0 Å². The third kappa shape index (κ3) is 4.39. The van der Waals surface area contributed by atoms with Gasteiger partial charge in [-0.05, 0) is 18.4 Å². The van der Waals surface area contributed by atoms with Gasteiger partial charge in [0.25, 0.3) is 0 Å². The van der Waals surface area contributed by atoms with Crippen molar-refractivity contribution in [1.29, 1.82) is 0 Å². The predicted octanol–water partition coefficient (Wildman–Crippen LogP) is 4.77. The van der Waals surface area contributed by atoms with Crippen molar-refractivity contribution >= 4 is 21.1 Å². The molecule has 112 valence electrons. The van der Waals surface area contributed by atoms with Gasteiger partial charge in [0.1, 0.15) is 12.4 Å². The second-order valence-electron chi connectivity index (χ2n) is 6.34. The van der Waals surface area contributed by atoms with E-state index < -0.39 is 0 Å². The summed E-state index contributed by atoms with van der Waals surface area (Å²) in [6, 6.07) is 5.49. The van der Waals surface area contributed by atoms with Crippen LogP contribution < -0.4 is 4.74 Å². The number of rotatable bonds is 6. The van der Waals surface area contributed by atoms with Gasteiger partial charge in [0, 0.05) is 20.6 Å². The fourth-order valence-electron chi connectivity index (χ4n) is 2.30. The van der Waals surface area contributed by atoms with Crippen molar-refractivity contribution in [3.8, 4) is 5.75 Å². The summed E-state index contributed by atoms with van der Waals surface area (Å²) in [6.45, 7) is 15.3. The molecular formula is C17H27ClOSi. The fourth-order valence-corrected chi connectivity index (χ4v) is 3.94. The van der Waals surface area contributed by atoms with E-state index in [1.165, 1.54) is 11.1 Å². The molecule has 0 heterocycles. The van der Waals surface area contributed by atoms with Gasteiger partial charge >= 0.3 is 0 Å². The molecule has 0 aliphatic rings. The van der Waals surface area contributed by atoms with Gasteiger partial charge in [-0.1, -0.05) is 57.7 Å². The molecule has 0 saturated heterocycles. The molecule has 1 aromatic carbocycles. The van der Waals surface area contributed by atoms with Crippen LogP contribution in [-0.4, -0.2) is 16.1 Å². The number of hydrogen-bond acceptors (Lipinski definition) is 1. The fraction of sp³-hybridized carbons (Fsp3) is 0.529. The second kappa shape index (κ2) is 7.33. The highest BCUT2D eigenvalue weighted by molar-refractivity contribution is 6.37. The minimum atomic E-state index is -0.0788. The van der Waals surface area contributed by atoms with Crippen LogP contribution >= 0.6 is 11.6 Å². The van der Waals surface area contributed by atoms with E-state index >= 15 is 0 Å². The number of aryl methyl sites for hydroxylation is 1. The highest BCUT2D eigenvalue weighted by Gasteiger charge is 2.24. The zero-order valence-corrected chi connectivity index (χ0v) is 15.6. The second-order valence-corrected chi connectivity index (χ2v) is 8.44. The van der Waals surface area contributed by atoms with Crippen LogP contribution in [0, 0.1) is 6.92 Å². The van der Waals surface area contributed by atoms with Gasteiger partial charge in [-0.2, -0.15) is 0 Å². The molecule has 0 aliphatic carbocycles. The molecule has 1 nitrogen and oxygen atoms in total. The van der Waals surface area contributed by atoms with Crippen LogP contribution in [0.4, 0.5) is 0 Å². The normalized spacial score (nSPS) is 13.7. The Balaban J connectivity index is 3.39. The summed E-state index contributed by atoms with van der Waals surface area (Å²) in [7, 11) is -0.0788. The van der Waals surface area contributed by atoms with Crippen molar-refractivity contribution in [3.63, 3.8) is 0 Å². The molecule has 0 aromatic heterocycles. The van der Waals surface area contributed by atoms with E-state index in [4.69, 9.17) is 16.3 Å². The van der Waals surface area contributed by atoms with Crippen LogP contribution in [0.2, 0.25) is 12.6 Å². The third-order valence-electron chi connectivity index (χ3n) is 3.30. The Kier molecular flexibility index (Phi) is 6.34. The summed E-state index contributed by atoms with van der Waals surface area (Å²) < 4.78 is 5.98. The van der Waals surface area contributed by atoms with E-state index in [-0.39, 0.29) is 20.3 Å². The topological polar surface area (TPSA) is 9.23 Å². The van der Waals surface area contributed by atoms with E-state index in [1.54, 1.807) is 6.08 Å². The van der Waals surface area contributed by atoms with Crippen molar-refractivity contribution in [2.24, 2.45) is 0 Å². The van der Waals surface area contributed by atoms with Gasteiger partial charge in [-0.15, -0.1) is 11.6 Å². The average molecular weight is 311 g/mol. The lowest BCUT2D eigenvalue weighted by Gasteiger charge is -2.27. The van der Waals surface area contributed by atoms with Crippen LogP contribution in [0.15, 0.2) is 24.8 Å². The van der Waals surface area contributed by atoms with Crippen LogP contribution in [-0.2, 0) is 5.41 Å². The Morgan fingerprint density at radius 1 is 1.40 bits per heavy atom. The molecule has 0 spiro atoms. The lowest BCUT2D eigenvalue weighted by Crippen LogP contribution is -2.16. The maximum atomic E-state index is 6.61. The number of alkyl halides is 1. The lowest BCUT2D eigenvalue weighted by atomic mass is 9.83. The highest BCUT2D eigenvalue weighted by Crippen LogP contribution is 2.41. The first-order valence-corrected chi connectivity index (χ1v) is 10.2. The lowest BCUT2D eigenvalue weighted by molar-refractivity contribution is 0.347. The quantitative estimate of drug-likeness (QED) is 0.418. The molecule has 1 rings (SSSR count).